The van der Waals surface area contributed by atoms with Crippen LogP contribution in [0.2, 0.25) is 0 Å². The van der Waals surface area contributed by atoms with Gasteiger partial charge in [-0.05, 0) is 55.7 Å². The Kier molecular flexibility index (Phi) is 5.12. The van der Waals surface area contributed by atoms with Gasteiger partial charge in [0.25, 0.3) is 5.91 Å². The monoisotopic (exact) mass is 412 g/mol. The van der Waals surface area contributed by atoms with Crippen LogP contribution in [0, 0.1) is 6.92 Å². The van der Waals surface area contributed by atoms with Crippen molar-refractivity contribution < 1.29 is 9.21 Å². The van der Waals surface area contributed by atoms with Crippen molar-refractivity contribution in [2.45, 2.75) is 25.8 Å². The predicted octanol–water partition coefficient (Wildman–Crippen LogP) is 4.60. The summed E-state index contributed by atoms with van der Waals surface area (Å²) in [4.78, 5) is 24.1. The first-order valence-corrected chi connectivity index (χ1v) is 10.6. The number of benzene rings is 1. The maximum atomic E-state index is 12.8. The zero-order chi connectivity index (χ0) is 21.2. The van der Waals surface area contributed by atoms with E-state index in [9.17, 15) is 4.79 Å². The van der Waals surface area contributed by atoms with E-state index in [0.717, 1.165) is 54.0 Å². The van der Waals surface area contributed by atoms with Crippen LogP contribution in [-0.2, 0) is 0 Å². The Morgan fingerprint density at radius 3 is 2.61 bits per heavy atom. The number of rotatable bonds is 4. The third kappa shape index (κ3) is 3.89. The number of hydrogen-bond acceptors (Lipinski definition) is 5. The van der Waals surface area contributed by atoms with Crippen molar-refractivity contribution in [3.8, 4) is 11.3 Å². The summed E-state index contributed by atoms with van der Waals surface area (Å²) < 4.78 is 5.46. The minimum atomic E-state index is -0.0338. The molecular weight excluding hydrogens is 388 g/mol. The number of aryl methyl sites for hydroxylation is 1. The van der Waals surface area contributed by atoms with Gasteiger partial charge in [-0.1, -0.05) is 18.2 Å². The van der Waals surface area contributed by atoms with Crippen molar-refractivity contribution >= 4 is 22.7 Å². The Morgan fingerprint density at radius 1 is 1.03 bits per heavy atom. The second kappa shape index (κ2) is 8.22. The number of anilines is 1. The summed E-state index contributed by atoms with van der Waals surface area (Å²) in [7, 11) is 0. The maximum absolute atomic E-state index is 12.8. The van der Waals surface area contributed by atoms with Gasteiger partial charge in [0.05, 0.1) is 12.0 Å². The molecule has 1 aliphatic rings. The maximum Gasteiger partial charge on any atom is 0.251 e. The van der Waals surface area contributed by atoms with E-state index >= 15 is 0 Å². The SMILES string of the molecule is Cc1cccnc1N1CCC(NC(=O)c2ccc(-c3nccc4occc34)cc2)CC1. The molecule has 0 aliphatic carbocycles. The first kappa shape index (κ1) is 19.3. The van der Waals surface area contributed by atoms with Crippen LogP contribution in [0.25, 0.3) is 22.2 Å². The number of furan rings is 1. The fourth-order valence-corrected chi connectivity index (χ4v) is 4.22. The van der Waals surface area contributed by atoms with Crippen LogP contribution in [-0.4, -0.2) is 35.0 Å². The highest BCUT2D eigenvalue weighted by atomic mass is 16.3. The number of hydrogen-bond donors (Lipinski definition) is 1. The van der Waals surface area contributed by atoms with E-state index in [0.29, 0.717) is 5.56 Å². The normalized spacial score (nSPS) is 14.7. The highest BCUT2D eigenvalue weighted by molar-refractivity contribution is 5.96. The second-order valence-electron chi connectivity index (χ2n) is 7.95. The van der Waals surface area contributed by atoms with E-state index in [1.54, 1.807) is 12.5 Å². The Labute approximate surface area is 180 Å². The van der Waals surface area contributed by atoms with Gasteiger partial charge in [-0.3, -0.25) is 9.78 Å². The van der Waals surface area contributed by atoms with Gasteiger partial charge >= 0.3 is 0 Å². The molecule has 1 aliphatic heterocycles. The smallest absolute Gasteiger partial charge is 0.251 e. The van der Waals surface area contributed by atoms with Crippen LogP contribution in [0.1, 0.15) is 28.8 Å². The molecular formula is C25H24N4O2. The Balaban J connectivity index is 1.22. The summed E-state index contributed by atoms with van der Waals surface area (Å²) in [5.74, 6) is 1.01. The Morgan fingerprint density at radius 2 is 1.84 bits per heavy atom. The van der Waals surface area contributed by atoms with Crippen LogP contribution in [0.4, 0.5) is 5.82 Å². The highest BCUT2D eigenvalue weighted by Crippen LogP contribution is 2.27. The molecule has 0 saturated carbocycles. The average molecular weight is 412 g/mol. The molecule has 0 spiro atoms. The molecule has 156 valence electrons. The number of pyridine rings is 2. The highest BCUT2D eigenvalue weighted by Gasteiger charge is 2.22. The van der Waals surface area contributed by atoms with Gasteiger partial charge in [0.2, 0.25) is 0 Å². The summed E-state index contributed by atoms with van der Waals surface area (Å²) in [6.07, 6.45) is 7.06. The van der Waals surface area contributed by atoms with Gasteiger partial charge in [0.1, 0.15) is 11.4 Å². The number of carbonyl (C=O) groups excluding carboxylic acids is 1. The van der Waals surface area contributed by atoms with Crippen molar-refractivity contribution in [2.75, 3.05) is 18.0 Å². The molecule has 5 rings (SSSR count). The topological polar surface area (TPSA) is 71.3 Å². The van der Waals surface area contributed by atoms with E-state index in [4.69, 9.17) is 4.42 Å². The molecule has 4 heterocycles. The molecule has 31 heavy (non-hydrogen) atoms. The molecule has 1 aromatic carbocycles. The lowest BCUT2D eigenvalue weighted by Gasteiger charge is -2.33. The molecule has 1 saturated heterocycles. The molecule has 0 unspecified atom stereocenters. The summed E-state index contributed by atoms with van der Waals surface area (Å²) in [5.41, 5.74) is 4.47. The molecule has 6 nitrogen and oxygen atoms in total. The van der Waals surface area contributed by atoms with E-state index < -0.39 is 0 Å². The van der Waals surface area contributed by atoms with Gasteiger partial charge < -0.3 is 14.6 Å². The van der Waals surface area contributed by atoms with Gasteiger partial charge in [-0.15, -0.1) is 0 Å². The van der Waals surface area contributed by atoms with Crippen molar-refractivity contribution in [1.29, 1.82) is 0 Å². The second-order valence-corrected chi connectivity index (χ2v) is 7.95. The number of nitrogens with zero attached hydrogens (tertiary/aromatic N) is 3. The van der Waals surface area contributed by atoms with E-state index in [2.05, 4.69) is 33.2 Å². The van der Waals surface area contributed by atoms with Crippen LogP contribution in [0.3, 0.4) is 0 Å². The number of fused-ring (bicyclic) bond motifs is 1. The van der Waals surface area contributed by atoms with E-state index in [1.165, 1.54) is 5.56 Å². The Bertz CT molecular complexity index is 1210. The number of piperidine rings is 1. The summed E-state index contributed by atoms with van der Waals surface area (Å²) in [6.45, 7) is 3.87. The number of aromatic nitrogens is 2. The van der Waals surface area contributed by atoms with Crippen molar-refractivity contribution in [1.82, 2.24) is 15.3 Å². The third-order valence-electron chi connectivity index (χ3n) is 5.91. The molecule has 1 N–H and O–H groups in total. The zero-order valence-electron chi connectivity index (χ0n) is 17.4. The van der Waals surface area contributed by atoms with Crippen LogP contribution < -0.4 is 10.2 Å². The molecule has 4 aromatic rings. The number of amides is 1. The first-order chi connectivity index (χ1) is 15.2. The van der Waals surface area contributed by atoms with E-state index in [-0.39, 0.29) is 11.9 Å². The third-order valence-corrected chi connectivity index (χ3v) is 5.91. The lowest BCUT2D eigenvalue weighted by Crippen LogP contribution is -2.45. The number of carbonyl (C=O) groups is 1. The zero-order valence-corrected chi connectivity index (χ0v) is 17.4. The number of nitrogens with one attached hydrogen (secondary N) is 1. The minimum absolute atomic E-state index is 0.0338. The first-order valence-electron chi connectivity index (χ1n) is 10.6. The summed E-state index contributed by atoms with van der Waals surface area (Å²) in [5, 5.41) is 4.16. The molecule has 0 atom stereocenters. The van der Waals surface area contributed by atoms with Gasteiger partial charge in [0, 0.05) is 48.0 Å². The Hall–Kier alpha value is -3.67. The average Bonchev–Trinajstić information content (AvgIpc) is 3.29. The molecule has 1 fully saturated rings. The standard InChI is InChI=1S/C25H24N4O2/c1-17-3-2-12-27-24(17)29-14-9-20(10-15-29)28-25(30)19-6-4-18(5-7-19)23-21-11-16-31-22(21)8-13-26-23/h2-8,11-13,16,20H,9-10,14-15H2,1H3,(H,28,30). The quantitative estimate of drug-likeness (QED) is 0.531. The van der Waals surface area contributed by atoms with Gasteiger partial charge in [-0.2, -0.15) is 0 Å². The fraction of sp³-hybridized carbons (Fsp3) is 0.240. The van der Waals surface area contributed by atoms with Crippen LogP contribution >= 0.6 is 0 Å². The largest absolute Gasteiger partial charge is 0.464 e. The summed E-state index contributed by atoms with van der Waals surface area (Å²) in [6, 6.07) is 15.6. The van der Waals surface area contributed by atoms with Crippen molar-refractivity contribution in [3.05, 3.63) is 78.3 Å². The lowest BCUT2D eigenvalue weighted by molar-refractivity contribution is 0.0931. The molecule has 0 radical (unpaired) electrons. The molecule has 0 bridgehead atoms. The molecule has 6 heteroatoms. The van der Waals surface area contributed by atoms with Gasteiger partial charge in [-0.25, -0.2) is 4.98 Å². The van der Waals surface area contributed by atoms with Crippen LogP contribution in [0.5, 0.6) is 0 Å². The molecule has 3 aromatic heterocycles. The van der Waals surface area contributed by atoms with Crippen LogP contribution in [0.15, 0.2) is 71.6 Å². The fourth-order valence-electron chi connectivity index (χ4n) is 4.22. The van der Waals surface area contributed by atoms with Crippen molar-refractivity contribution in [3.63, 3.8) is 0 Å². The van der Waals surface area contributed by atoms with Crippen molar-refractivity contribution in [2.24, 2.45) is 0 Å². The minimum Gasteiger partial charge on any atom is -0.464 e. The predicted molar refractivity (Wildman–Crippen MR) is 121 cm³/mol. The molecule has 1 amide bonds. The lowest BCUT2D eigenvalue weighted by atomic mass is 10.0. The van der Waals surface area contributed by atoms with Gasteiger partial charge in [0.15, 0.2) is 0 Å². The van der Waals surface area contributed by atoms with E-state index in [1.807, 2.05) is 48.7 Å². The summed E-state index contributed by atoms with van der Waals surface area (Å²) >= 11 is 0.